The van der Waals surface area contributed by atoms with Gasteiger partial charge in [0.15, 0.2) is 0 Å². The number of hydrogen-bond donors (Lipinski definition) is 2. The van der Waals surface area contributed by atoms with E-state index in [4.69, 9.17) is 10.5 Å². The maximum absolute atomic E-state index is 12.0. The number of amides is 1. The molecule has 114 valence electrons. The molecular formula is C14H29ClN2O2. The number of halogens is 1. The van der Waals surface area contributed by atoms with E-state index in [1.807, 2.05) is 6.92 Å². The summed E-state index contributed by atoms with van der Waals surface area (Å²) in [5.74, 6) is 0.874. The molecule has 1 fully saturated rings. The highest BCUT2D eigenvalue weighted by molar-refractivity contribution is 5.85. The minimum absolute atomic E-state index is 0. The van der Waals surface area contributed by atoms with Gasteiger partial charge in [0.25, 0.3) is 0 Å². The van der Waals surface area contributed by atoms with Gasteiger partial charge in [-0.2, -0.15) is 0 Å². The Bertz CT molecular complexity index is 283. The molecule has 0 spiro atoms. The summed E-state index contributed by atoms with van der Waals surface area (Å²) < 4.78 is 5.71. The highest BCUT2D eigenvalue weighted by Crippen LogP contribution is 2.26. The first-order valence-corrected chi connectivity index (χ1v) is 7.07. The molecule has 19 heavy (non-hydrogen) atoms. The second kappa shape index (κ2) is 8.08. The van der Waals surface area contributed by atoms with Gasteiger partial charge in [-0.15, -0.1) is 12.4 Å². The summed E-state index contributed by atoms with van der Waals surface area (Å²) in [5, 5.41) is 2.99. The molecule has 3 unspecified atom stereocenters. The molecule has 0 aromatic carbocycles. The van der Waals surface area contributed by atoms with E-state index in [-0.39, 0.29) is 24.4 Å². The molecule has 4 nitrogen and oxygen atoms in total. The first kappa shape index (κ1) is 18.7. The van der Waals surface area contributed by atoms with Crippen LogP contribution in [0.3, 0.4) is 0 Å². The highest BCUT2D eigenvalue weighted by Gasteiger charge is 2.33. The zero-order valence-corrected chi connectivity index (χ0v) is 13.4. The van der Waals surface area contributed by atoms with Crippen molar-refractivity contribution in [2.24, 2.45) is 17.6 Å². The van der Waals surface area contributed by atoms with Crippen molar-refractivity contribution in [1.29, 1.82) is 0 Å². The molecule has 0 aliphatic carbocycles. The van der Waals surface area contributed by atoms with Crippen LogP contribution in [0.15, 0.2) is 0 Å². The van der Waals surface area contributed by atoms with Crippen LogP contribution in [0.1, 0.15) is 47.0 Å². The minimum Gasteiger partial charge on any atom is -0.378 e. The standard InChI is InChI=1S/C14H28N2O2.ClH/c1-5-7-14(4,15)13(17)16-9-11-6-8-18-12(11)10(2)3;/h10-12H,5-9,15H2,1-4H3,(H,16,17);1H. The summed E-state index contributed by atoms with van der Waals surface area (Å²) in [6, 6.07) is 0. The lowest BCUT2D eigenvalue weighted by molar-refractivity contribution is -0.126. The average molecular weight is 293 g/mol. The van der Waals surface area contributed by atoms with Crippen molar-refractivity contribution in [2.75, 3.05) is 13.2 Å². The fraction of sp³-hybridized carbons (Fsp3) is 0.929. The fourth-order valence-corrected chi connectivity index (χ4v) is 2.67. The fourth-order valence-electron chi connectivity index (χ4n) is 2.67. The molecule has 0 radical (unpaired) electrons. The number of nitrogens with two attached hydrogens (primary N) is 1. The lowest BCUT2D eigenvalue weighted by Crippen LogP contribution is -2.52. The van der Waals surface area contributed by atoms with Crippen molar-refractivity contribution < 1.29 is 9.53 Å². The van der Waals surface area contributed by atoms with Crippen molar-refractivity contribution in [3.05, 3.63) is 0 Å². The van der Waals surface area contributed by atoms with Crippen LogP contribution in [0.5, 0.6) is 0 Å². The maximum atomic E-state index is 12.0. The van der Waals surface area contributed by atoms with Gasteiger partial charge in [-0.25, -0.2) is 0 Å². The molecule has 1 aliphatic heterocycles. The number of nitrogens with one attached hydrogen (secondary N) is 1. The van der Waals surface area contributed by atoms with Crippen LogP contribution in [0.25, 0.3) is 0 Å². The third-order valence-electron chi connectivity index (χ3n) is 3.73. The third-order valence-corrected chi connectivity index (χ3v) is 3.73. The summed E-state index contributed by atoms with van der Waals surface area (Å²) in [4.78, 5) is 12.0. The largest absolute Gasteiger partial charge is 0.378 e. The van der Waals surface area contributed by atoms with E-state index in [1.165, 1.54) is 0 Å². The quantitative estimate of drug-likeness (QED) is 0.788. The monoisotopic (exact) mass is 292 g/mol. The number of ether oxygens (including phenoxy) is 1. The average Bonchev–Trinajstić information content (AvgIpc) is 2.73. The van der Waals surface area contributed by atoms with E-state index in [2.05, 4.69) is 19.2 Å². The second-order valence-corrected chi connectivity index (χ2v) is 6.01. The van der Waals surface area contributed by atoms with Gasteiger partial charge >= 0.3 is 0 Å². The van der Waals surface area contributed by atoms with Gasteiger partial charge in [-0.3, -0.25) is 4.79 Å². The van der Waals surface area contributed by atoms with Crippen LogP contribution in [-0.4, -0.2) is 30.7 Å². The highest BCUT2D eigenvalue weighted by atomic mass is 35.5. The Morgan fingerprint density at radius 1 is 1.53 bits per heavy atom. The Hall–Kier alpha value is -0.320. The number of carbonyl (C=O) groups excluding carboxylic acids is 1. The Kier molecular flexibility index (Phi) is 7.94. The minimum atomic E-state index is -0.748. The summed E-state index contributed by atoms with van der Waals surface area (Å²) in [5.41, 5.74) is 5.26. The first-order valence-electron chi connectivity index (χ1n) is 7.07. The summed E-state index contributed by atoms with van der Waals surface area (Å²) >= 11 is 0. The molecule has 1 aliphatic rings. The molecule has 1 saturated heterocycles. The first-order chi connectivity index (χ1) is 8.38. The molecule has 0 aromatic rings. The van der Waals surface area contributed by atoms with Gasteiger partial charge in [-0.1, -0.05) is 27.2 Å². The van der Waals surface area contributed by atoms with E-state index in [0.717, 1.165) is 19.4 Å². The zero-order chi connectivity index (χ0) is 13.8. The summed E-state index contributed by atoms with van der Waals surface area (Å²) in [6.45, 7) is 9.65. The van der Waals surface area contributed by atoms with Crippen LogP contribution in [0.4, 0.5) is 0 Å². The van der Waals surface area contributed by atoms with Crippen molar-refractivity contribution in [2.45, 2.75) is 58.6 Å². The van der Waals surface area contributed by atoms with E-state index >= 15 is 0 Å². The van der Waals surface area contributed by atoms with Gasteiger partial charge < -0.3 is 15.8 Å². The van der Waals surface area contributed by atoms with Crippen molar-refractivity contribution in [1.82, 2.24) is 5.32 Å². The Labute approximate surface area is 123 Å². The molecule has 5 heteroatoms. The van der Waals surface area contributed by atoms with Gasteiger partial charge in [0.2, 0.25) is 5.91 Å². The van der Waals surface area contributed by atoms with E-state index in [0.29, 0.717) is 24.8 Å². The van der Waals surface area contributed by atoms with Crippen LogP contribution >= 0.6 is 12.4 Å². The van der Waals surface area contributed by atoms with Crippen LogP contribution < -0.4 is 11.1 Å². The molecule has 0 bridgehead atoms. The second-order valence-electron chi connectivity index (χ2n) is 6.01. The maximum Gasteiger partial charge on any atom is 0.239 e. The normalized spacial score (nSPS) is 25.8. The van der Waals surface area contributed by atoms with Crippen LogP contribution in [0, 0.1) is 11.8 Å². The predicted molar refractivity (Wildman–Crippen MR) is 80.4 cm³/mol. The molecule has 1 rings (SSSR count). The number of carbonyl (C=O) groups is 1. The number of hydrogen-bond acceptors (Lipinski definition) is 3. The molecule has 3 atom stereocenters. The van der Waals surface area contributed by atoms with Gasteiger partial charge in [-0.05, 0) is 25.7 Å². The summed E-state index contributed by atoms with van der Waals surface area (Å²) in [7, 11) is 0. The lowest BCUT2D eigenvalue weighted by atomic mass is 9.92. The number of rotatable bonds is 6. The molecule has 0 aromatic heterocycles. The lowest BCUT2D eigenvalue weighted by Gasteiger charge is -2.26. The molecular weight excluding hydrogens is 264 g/mol. The van der Waals surface area contributed by atoms with Crippen LogP contribution in [-0.2, 0) is 9.53 Å². The molecule has 1 amide bonds. The van der Waals surface area contributed by atoms with Crippen molar-refractivity contribution in [3.63, 3.8) is 0 Å². The zero-order valence-electron chi connectivity index (χ0n) is 12.6. The van der Waals surface area contributed by atoms with Gasteiger partial charge in [0, 0.05) is 19.1 Å². The van der Waals surface area contributed by atoms with E-state index in [1.54, 1.807) is 6.92 Å². The predicted octanol–water partition coefficient (Wildman–Crippen LogP) is 2.10. The molecule has 0 saturated carbocycles. The Balaban J connectivity index is 0.00000324. The van der Waals surface area contributed by atoms with E-state index in [9.17, 15) is 4.79 Å². The van der Waals surface area contributed by atoms with Crippen molar-refractivity contribution >= 4 is 18.3 Å². The van der Waals surface area contributed by atoms with Crippen LogP contribution in [0.2, 0.25) is 0 Å². The van der Waals surface area contributed by atoms with Gasteiger partial charge in [0.1, 0.15) is 0 Å². The SMILES string of the molecule is CCCC(C)(N)C(=O)NCC1CCOC1C(C)C.Cl. The third kappa shape index (κ3) is 5.28. The van der Waals surface area contributed by atoms with E-state index < -0.39 is 5.54 Å². The smallest absolute Gasteiger partial charge is 0.239 e. The molecule has 1 heterocycles. The van der Waals surface area contributed by atoms with Gasteiger partial charge in [0.05, 0.1) is 11.6 Å². The molecule has 3 N–H and O–H groups in total. The Morgan fingerprint density at radius 2 is 2.16 bits per heavy atom. The van der Waals surface area contributed by atoms with Crippen molar-refractivity contribution in [3.8, 4) is 0 Å². The summed E-state index contributed by atoms with van der Waals surface area (Å²) in [6.07, 6.45) is 2.92. The topological polar surface area (TPSA) is 64.4 Å². The Morgan fingerprint density at radius 3 is 2.68 bits per heavy atom.